The first-order chi connectivity index (χ1) is 16.6. The highest BCUT2D eigenvalue weighted by Gasteiger charge is 2.43. The lowest BCUT2D eigenvalue weighted by atomic mass is 9.98. The van der Waals surface area contributed by atoms with E-state index in [0.29, 0.717) is 34.9 Å². The summed E-state index contributed by atoms with van der Waals surface area (Å²) in [7, 11) is 3.11. The summed E-state index contributed by atoms with van der Waals surface area (Å²) in [4.78, 5) is 35.0. The van der Waals surface area contributed by atoms with Crippen LogP contribution in [-0.2, 0) is 22.6 Å². The molecule has 2 aromatic carbocycles. The second-order valence-electron chi connectivity index (χ2n) is 8.23. The number of hydrogen-bond donors (Lipinski definition) is 0. The van der Waals surface area contributed by atoms with Gasteiger partial charge in [0, 0.05) is 24.6 Å². The molecule has 172 valence electrons. The zero-order valence-corrected chi connectivity index (χ0v) is 19.2. The van der Waals surface area contributed by atoms with Gasteiger partial charge in [0.1, 0.15) is 5.70 Å². The molecule has 0 atom stereocenters. The minimum atomic E-state index is -0.334. The van der Waals surface area contributed by atoms with Gasteiger partial charge in [-0.15, -0.1) is 0 Å². The number of carbonyl (C=O) groups excluding carboxylic acids is 2. The molecular weight excluding hydrogens is 430 g/mol. The van der Waals surface area contributed by atoms with Crippen molar-refractivity contribution in [3.05, 3.63) is 89.4 Å². The van der Waals surface area contributed by atoms with Crippen LogP contribution >= 0.6 is 0 Å². The minimum Gasteiger partial charge on any atom is -0.493 e. The maximum atomic E-state index is 13.8. The third-order valence-electron chi connectivity index (χ3n) is 6.26. The predicted octanol–water partition coefficient (Wildman–Crippen LogP) is 3.83. The Kier molecular flexibility index (Phi) is 5.76. The smallest absolute Gasteiger partial charge is 0.278 e. The maximum absolute atomic E-state index is 13.8. The van der Waals surface area contributed by atoms with Gasteiger partial charge in [-0.1, -0.05) is 30.3 Å². The summed E-state index contributed by atoms with van der Waals surface area (Å²) >= 11 is 0. The molecule has 2 aliphatic rings. The van der Waals surface area contributed by atoms with Crippen LogP contribution in [0.1, 0.15) is 23.1 Å². The number of nitrogens with zero attached hydrogens (tertiary/aromatic N) is 3. The molecule has 5 rings (SSSR count). The first-order valence-corrected chi connectivity index (χ1v) is 11.2. The van der Waals surface area contributed by atoms with Crippen LogP contribution in [0.5, 0.6) is 11.5 Å². The van der Waals surface area contributed by atoms with Gasteiger partial charge in [0.15, 0.2) is 11.5 Å². The number of carbonyl (C=O) groups is 2. The molecule has 0 fully saturated rings. The highest BCUT2D eigenvalue weighted by molar-refractivity contribution is 6.36. The number of para-hydroxylation sites is 1. The van der Waals surface area contributed by atoms with Crippen molar-refractivity contribution in [2.75, 3.05) is 25.7 Å². The van der Waals surface area contributed by atoms with Gasteiger partial charge < -0.3 is 14.4 Å². The van der Waals surface area contributed by atoms with E-state index in [1.165, 1.54) is 10.5 Å². The number of rotatable bonds is 6. The van der Waals surface area contributed by atoms with Gasteiger partial charge in [-0.2, -0.15) is 0 Å². The van der Waals surface area contributed by atoms with Crippen molar-refractivity contribution >= 4 is 23.1 Å². The molecule has 0 saturated carbocycles. The molecule has 0 unspecified atom stereocenters. The van der Waals surface area contributed by atoms with E-state index in [-0.39, 0.29) is 18.4 Å². The highest BCUT2D eigenvalue weighted by atomic mass is 16.5. The first kappa shape index (κ1) is 21.7. The molecule has 0 aliphatic carbocycles. The van der Waals surface area contributed by atoms with Crippen molar-refractivity contribution in [1.29, 1.82) is 0 Å². The Bertz CT molecular complexity index is 1290. The number of aromatic nitrogens is 1. The zero-order chi connectivity index (χ0) is 23.7. The number of pyridine rings is 1. The van der Waals surface area contributed by atoms with E-state index >= 15 is 0 Å². The standard InChI is InChI=1S/C27H25N3O4/c1-33-22-12-11-20(15-23(22)34-2)24-25(29-14-6-9-19-8-3-4-10-21(19)29)27(32)30(26(24)31)17-18-7-5-13-28-16-18/h3-5,7-8,10-13,15-16H,6,9,14,17H2,1-2H3. The average Bonchev–Trinajstić information content (AvgIpc) is 3.13. The topological polar surface area (TPSA) is 72.0 Å². The van der Waals surface area contributed by atoms with E-state index in [9.17, 15) is 9.59 Å². The lowest BCUT2D eigenvalue weighted by molar-refractivity contribution is -0.137. The van der Waals surface area contributed by atoms with E-state index < -0.39 is 0 Å². The Morgan fingerprint density at radius 2 is 1.76 bits per heavy atom. The van der Waals surface area contributed by atoms with E-state index in [2.05, 4.69) is 11.1 Å². The second kappa shape index (κ2) is 9.02. The van der Waals surface area contributed by atoms with Crippen molar-refractivity contribution in [2.24, 2.45) is 0 Å². The van der Waals surface area contributed by atoms with Crippen LogP contribution in [0, 0.1) is 0 Å². The van der Waals surface area contributed by atoms with Crippen LogP contribution in [0.4, 0.5) is 5.69 Å². The lowest BCUT2D eigenvalue weighted by Crippen LogP contribution is -2.36. The number of benzene rings is 2. The molecule has 0 radical (unpaired) electrons. The fourth-order valence-electron chi connectivity index (χ4n) is 4.65. The number of aryl methyl sites for hydroxylation is 1. The molecule has 1 aromatic heterocycles. The number of amides is 2. The molecule has 2 amide bonds. The van der Waals surface area contributed by atoms with Crippen molar-refractivity contribution < 1.29 is 19.1 Å². The largest absolute Gasteiger partial charge is 0.493 e. The molecule has 3 aromatic rings. The van der Waals surface area contributed by atoms with Crippen LogP contribution in [0.15, 0.2) is 72.7 Å². The van der Waals surface area contributed by atoms with Crippen molar-refractivity contribution in [1.82, 2.24) is 9.88 Å². The van der Waals surface area contributed by atoms with Gasteiger partial charge in [-0.3, -0.25) is 19.5 Å². The predicted molar refractivity (Wildman–Crippen MR) is 128 cm³/mol. The number of fused-ring (bicyclic) bond motifs is 1. The molecule has 7 heteroatoms. The Hall–Kier alpha value is -4.13. The maximum Gasteiger partial charge on any atom is 0.278 e. The van der Waals surface area contributed by atoms with Gasteiger partial charge in [-0.25, -0.2) is 0 Å². The summed E-state index contributed by atoms with van der Waals surface area (Å²) in [6, 6.07) is 17.0. The van der Waals surface area contributed by atoms with E-state index in [1.54, 1.807) is 50.9 Å². The van der Waals surface area contributed by atoms with Crippen LogP contribution in [0.3, 0.4) is 0 Å². The first-order valence-electron chi connectivity index (χ1n) is 11.2. The zero-order valence-electron chi connectivity index (χ0n) is 19.2. The highest BCUT2D eigenvalue weighted by Crippen LogP contribution is 2.40. The van der Waals surface area contributed by atoms with Gasteiger partial charge in [0.05, 0.1) is 26.3 Å². The van der Waals surface area contributed by atoms with Gasteiger partial charge in [0.25, 0.3) is 11.8 Å². The summed E-state index contributed by atoms with van der Waals surface area (Å²) in [6.07, 6.45) is 5.17. The normalized spacial score (nSPS) is 15.6. The Balaban J connectivity index is 1.65. The summed E-state index contributed by atoms with van der Waals surface area (Å²) in [5.41, 5.74) is 4.30. The summed E-state index contributed by atoms with van der Waals surface area (Å²) in [5.74, 6) is 0.409. The lowest BCUT2D eigenvalue weighted by Gasteiger charge is -2.32. The summed E-state index contributed by atoms with van der Waals surface area (Å²) in [6.45, 7) is 0.810. The van der Waals surface area contributed by atoms with Crippen molar-refractivity contribution in [2.45, 2.75) is 19.4 Å². The molecule has 34 heavy (non-hydrogen) atoms. The molecule has 2 aliphatic heterocycles. The third-order valence-corrected chi connectivity index (χ3v) is 6.26. The SMILES string of the molecule is COc1ccc(C2=C(N3CCCc4ccccc43)C(=O)N(Cc3cccnc3)C2=O)cc1OC. The Labute approximate surface area is 198 Å². The number of methoxy groups -OCH3 is 2. The third kappa shape index (κ3) is 3.69. The van der Waals surface area contributed by atoms with Crippen molar-refractivity contribution in [3.63, 3.8) is 0 Å². The molecule has 0 bridgehead atoms. The number of anilines is 1. The van der Waals surface area contributed by atoms with Crippen LogP contribution < -0.4 is 14.4 Å². The van der Waals surface area contributed by atoms with E-state index in [1.807, 2.05) is 29.2 Å². The monoisotopic (exact) mass is 455 g/mol. The summed E-state index contributed by atoms with van der Waals surface area (Å²) in [5, 5.41) is 0. The number of hydrogen-bond acceptors (Lipinski definition) is 6. The Morgan fingerprint density at radius 3 is 2.53 bits per heavy atom. The van der Waals surface area contributed by atoms with Crippen LogP contribution in [0.25, 0.3) is 5.57 Å². The Morgan fingerprint density at radius 1 is 0.941 bits per heavy atom. The summed E-state index contributed by atoms with van der Waals surface area (Å²) < 4.78 is 10.8. The molecule has 0 spiro atoms. The molecule has 3 heterocycles. The van der Waals surface area contributed by atoms with Gasteiger partial charge in [-0.05, 0) is 53.8 Å². The fourth-order valence-corrected chi connectivity index (χ4v) is 4.65. The van der Waals surface area contributed by atoms with Gasteiger partial charge in [0.2, 0.25) is 0 Å². The minimum absolute atomic E-state index is 0.154. The molecule has 7 nitrogen and oxygen atoms in total. The fraction of sp³-hybridized carbons (Fsp3) is 0.222. The van der Waals surface area contributed by atoms with Crippen molar-refractivity contribution in [3.8, 4) is 11.5 Å². The molecule has 0 N–H and O–H groups in total. The van der Waals surface area contributed by atoms with Gasteiger partial charge >= 0.3 is 0 Å². The number of ether oxygens (including phenoxy) is 2. The molecule has 0 saturated heterocycles. The van der Waals surface area contributed by atoms with Crippen LogP contribution in [0.2, 0.25) is 0 Å². The average molecular weight is 456 g/mol. The second-order valence-corrected chi connectivity index (χ2v) is 8.23. The molecular formula is C27H25N3O4. The van der Waals surface area contributed by atoms with Crippen LogP contribution in [-0.4, -0.2) is 42.5 Å². The van der Waals surface area contributed by atoms with E-state index in [0.717, 1.165) is 24.1 Å². The van der Waals surface area contributed by atoms with E-state index in [4.69, 9.17) is 9.47 Å². The number of imide groups is 1. The quantitative estimate of drug-likeness (QED) is 0.526.